The van der Waals surface area contributed by atoms with Crippen LogP contribution < -0.4 is 10.3 Å². The molecule has 1 saturated carbocycles. The van der Waals surface area contributed by atoms with E-state index in [9.17, 15) is 9.59 Å². The Labute approximate surface area is 186 Å². The van der Waals surface area contributed by atoms with Gasteiger partial charge in [-0.15, -0.1) is 0 Å². The van der Waals surface area contributed by atoms with Crippen LogP contribution in [0.5, 0.6) is 5.75 Å². The van der Waals surface area contributed by atoms with E-state index in [0.29, 0.717) is 35.2 Å². The number of ether oxygens (including phenoxy) is 1. The molecule has 1 fully saturated rings. The van der Waals surface area contributed by atoms with Crippen LogP contribution in [0.1, 0.15) is 31.7 Å². The lowest BCUT2D eigenvalue weighted by Crippen LogP contribution is -2.34. The monoisotopic (exact) mass is 437 g/mol. The van der Waals surface area contributed by atoms with Crippen molar-refractivity contribution in [2.75, 3.05) is 12.9 Å². The molecule has 1 aliphatic carbocycles. The second-order valence-electron chi connectivity index (χ2n) is 7.76. The van der Waals surface area contributed by atoms with Crippen molar-refractivity contribution in [1.29, 1.82) is 0 Å². The molecule has 1 heterocycles. The summed E-state index contributed by atoms with van der Waals surface area (Å²) in [5.41, 5.74) is 1.71. The topological polar surface area (TPSA) is 64.4 Å². The van der Waals surface area contributed by atoms with Crippen molar-refractivity contribution in [2.24, 2.45) is 0 Å². The van der Waals surface area contributed by atoms with E-state index in [2.05, 4.69) is 0 Å². The van der Waals surface area contributed by atoms with Gasteiger partial charge in [0.05, 0.1) is 23.8 Å². The highest BCUT2D eigenvalue weighted by Crippen LogP contribution is 2.30. The molecule has 0 bridgehead atoms. The molecule has 1 amide bonds. The molecule has 7 heteroatoms. The van der Waals surface area contributed by atoms with E-state index in [0.717, 1.165) is 30.6 Å². The number of hydrogen-bond donors (Lipinski definition) is 0. The van der Waals surface area contributed by atoms with E-state index in [1.54, 1.807) is 17.7 Å². The Balaban J connectivity index is 1.51. The van der Waals surface area contributed by atoms with E-state index in [1.807, 2.05) is 54.3 Å². The molecule has 0 atom stereocenters. The summed E-state index contributed by atoms with van der Waals surface area (Å²) in [6, 6.07) is 15.5. The predicted molar refractivity (Wildman–Crippen MR) is 124 cm³/mol. The first kappa shape index (κ1) is 21.4. The minimum atomic E-state index is -0.0420. The maximum Gasteiger partial charge on any atom is 0.262 e. The van der Waals surface area contributed by atoms with Gasteiger partial charge in [-0.1, -0.05) is 43.0 Å². The fourth-order valence-electron chi connectivity index (χ4n) is 3.62. The smallest absolute Gasteiger partial charge is 0.262 e. The van der Waals surface area contributed by atoms with Gasteiger partial charge in [0.2, 0.25) is 5.91 Å². The molecule has 1 aromatic heterocycles. The Bertz CT molecular complexity index is 1120. The number of carbonyl (C=O) groups excluding carboxylic acids is 1. The van der Waals surface area contributed by atoms with E-state index in [1.165, 1.54) is 11.8 Å². The molecule has 0 unspecified atom stereocenters. The fourth-order valence-corrected chi connectivity index (χ4v) is 4.53. The first-order chi connectivity index (χ1) is 15.1. The molecule has 0 radical (unpaired) electrons. The molecule has 0 spiro atoms. The summed E-state index contributed by atoms with van der Waals surface area (Å²) in [6.07, 6.45) is 2.91. The van der Waals surface area contributed by atoms with Gasteiger partial charge in [-0.3, -0.25) is 14.2 Å². The number of thioether (sulfide) groups is 1. The highest BCUT2D eigenvalue weighted by molar-refractivity contribution is 7.99. The van der Waals surface area contributed by atoms with Crippen LogP contribution in [0, 0.1) is 0 Å². The van der Waals surface area contributed by atoms with Gasteiger partial charge in [0.15, 0.2) is 5.16 Å². The number of benzene rings is 2. The van der Waals surface area contributed by atoms with E-state index < -0.39 is 0 Å². The van der Waals surface area contributed by atoms with E-state index >= 15 is 0 Å². The van der Waals surface area contributed by atoms with Gasteiger partial charge >= 0.3 is 0 Å². The first-order valence-electron chi connectivity index (χ1n) is 10.7. The second-order valence-corrected chi connectivity index (χ2v) is 8.70. The molecular weight excluding hydrogens is 410 g/mol. The minimum absolute atomic E-state index is 0.0420. The third kappa shape index (κ3) is 4.93. The number of para-hydroxylation sites is 1. The van der Waals surface area contributed by atoms with Gasteiger partial charge in [-0.2, -0.15) is 0 Å². The summed E-state index contributed by atoms with van der Waals surface area (Å²) in [7, 11) is 1.64. The second kappa shape index (κ2) is 9.56. The lowest BCUT2D eigenvalue weighted by molar-refractivity contribution is -0.129. The van der Waals surface area contributed by atoms with Crippen molar-refractivity contribution in [2.45, 2.75) is 50.5 Å². The summed E-state index contributed by atoms with van der Waals surface area (Å²) in [4.78, 5) is 32.7. The number of aromatic nitrogens is 2. The summed E-state index contributed by atoms with van der Waals surface area (Å²) in [6.45, 7) is 3.21. The Hall–Kier alpha value is -2.80. The zero-order chi connectivity index (χ0) is 21.8. The highest BCUT2D eigenvalue weighted by Gasteiger charge is 2.32. The first-order valence-corrected chi connectivity index (χ1v) is 11.6. The molecular formula is C24H27N3O3S. The molecule has 4 rings (SSSR count). The van der Waals surface area contributed by atoms with Crippen LogP contribution in [0.15, 0.2) is 58.5 Å². The standard InChI is InChI=1S/C24H27N3O3S/c1-3-14-26-23(29)20-6-4-5-7-21(20)25-24(26)31-16-22(28)27(18-10-11-18)15-17-8-12-19(30-2)13-9-17/h4-9,12-13,18H,3,10-11,14-16H2,1-2H3. The molecule has 162 valence electrons. The maximum absolute atomic E-state index is 13.1. The van der Waals surface area contributed by atoms with Crippen molar-refractivity contribution in [3.8, 4) is 5.75 Å². The summed E-state index contributed by atoms with van der Waals surface area (Å²) < 4.78 is 6.92. The van der Waals surface area contributed by atoms with E-state index in [-0.39, 0.29) is 17.2 Å². The highest BCUT2D eigenvalue weighted by atomic mass is 32.2. The van der Waals surface area contributed by atoms with Gasteiger partial charge in [-0.05, 0) is 49.1 Å². The van der Waals surface area contributed by atoms with Gasteiger partial charge in [-0.25, -0.2) is 4.98 Å². The van der Waals surface area contributed by atoms with Crippen LogP contribution in [0.4, 0.5) is 0 Å². The molecule has 0 saturated heterocycles. The molecule has 1 aliphatic rings. The van der Waals surface area contributed by atoms with Gasteiger partial charge in [0, 0.05) is 19.1 Å². The Morgan fingerprint density at radius 1 is 1.19 bits per heavy atom. The number of nitrogens with zero attached hydrogens (tertiary/aromatic N) is 3. The fraction of sp³-hybridized carbons (Fsp3) is 0.375. The molecule has 0 aliphatic heterocycles. The van der Waals surface area contributed by atoms with Crippen LogP contribution in [0.2, 0.25) is 0 Å². The third-order valence-electron chi connectivity index (χ3n) is 5.42. The largest absolute Gasteiger partial charge is 0.497 e. The van der Waals surface area contributed by atoms with Crippen molar-refractivity contribution in [3.05, 3.63) is 64.4 Å². The number of carbonyl (C=O) groups is 1. The lowest BCUT2D eigenvalue weighted by atomic mass is 10.2. The number of hydrogen-bond acceptors (Lipinski definition) is 5. The van der Waals surface area contributed by atoms with Crippen molar-refractivity contribution < 1.29 is 9.53 Å². The maximum atomic E-state index is 13.1. The average molecular weight is 438 g/mol. The van der Waals surface area contributed by atoms with Crippen LogP contribution in [-0.4, -0.2) is 39.3 Å². The number of fused-ring (bicyclic) bond motifs is 1. The van der Waals surface area contributed by atoms with Gasteiger partial charge in [0.1, 0.15) is 5.75 Å². The number of rotatable bonds is 9. The molecule has 6 nitrogen and oxygen atoms in total. The van der Waals surface area contributed by atoms with Crippen LogP contribution in [0.25, 0.3) is 10.9 Å². The van der Waals surface area contributed by atoms with Crippen LogP contribution in [0.3, 0.4) is 0 Å². The molecule has 3 aromatic rings. The zero-order valence-electron chi connectivity index (χ0n) is 17.9. The summed E-state index contributed by atoms with van der Waals surface area (Å²) in [5, 5.41) is 1.23. The Morgan fingerprint density at radius 3 is 2.61 bits per heavy atom. The number of methoxy groups -OCH3 is 1. The Kier molecular flexibility index (Phi) is 6.61. The van der Waals surface area contributed by atoms with Gasteiger partial charge in [0.25, 0.3) is 5.56 Å². The summed E-state index contributed by atoms with van der Waals surface area (Å²) in [5.74, 6) is 1.15. The SMILES string of the molecule is CCCn1c(SCC(=O)N(Cc2ccc(OC)cc2)C2CC2)nc2ccccc2c1=O. The minimum Gasteiger partial charge on any atom is -0.497 e. The third-order valence-corrected chi connectivity index (χ3v) is 6.38. The molecule has 0 N–H and O–H groups in total. The molecule has 2 aromatic carbocycles. The normalized spacial score (nSPS) is 13.4. The van der Waals surface area contributed by atoms with Crippen molar-refractivity contribution in [3.63, 3.8) is 0 Å². The van der Waals surface area contributed by atoms with Crippen LogP contribution in [-0.2, 0) is 17.9 Å². The van der Waals surface area contributed by atoms with E-state index in [4.69, 9.17) is 9.72 Å². The lowest BCUT2D eigenvalue weighted by Gasteiger charge is -2.23. The number of amides is 1. The quantitative estimate of drug-likeness (QED) is 0.373. The van der Waals surface area contributed by atoms with Crippen molar-refractivity contribution >= 4 is 28.6 Å². The van der Waals surface area contributed by atoms with Crippen molar-refractivity contribution in [1.82, 2.24) is 14.5 Å². The Morgan fingerprint density at radius 2 is 1.94 bits per heavy atom. The molecule has 31 heavy (non-hydrogen) atoms. The predicted octanol–water partition coefficient (Wildman–Crippen LogP) is 4.10. The van der Waals surface area contributed by atoms with Crippen LogP contribution >= 0.6 is 11.8 Å². The average Bonchev–Trinajstić information content (AvgIpc) is 3.64. The zero-order valence-corrected chi connectivity index (χ0v) is 18.7. The van der Waals surface area contributed by atoms with Gasteiger partial charge < -0.3 is 9.64 Å². The summed E-state index contributed by atoms with van der Waals surface area (Å²) >= 11 is 1.35.